The predicted octanol–water partition coefficient (Wildman–Crippen LogP) is 0.636. The second-order valence-corrected chi connectivity index (χ2v) is 7.94. The third kappa shape index (κ3) is 3.57. The van der Waals surface area contributed by atoms with Gasteiger partial charge in [0, 0.05) is 52.7 Å². The van der Waals surface area contributed by atoms with Crippen LogP contribution in [0.25, 0.3) is 0 Å². The van der Waals surface area contributed by atoms with E-state index in [2.05, 4.69) is 4.98 Å². The molecule has 0 amide bonds. The Kier molecular flexibility index (Phi) is 5.06. The highest BCUT2D eigenvalue weighted by Crippen LogP contribution is 2.26. The van der Waals surface area contributed by atoms with Crippen LogP contribution in [0.4, 0.5) is 5.69 Å². The van der Waals surface area contributed by atoms with Gasteiger partial charge in [0.1, 0.15) is 6.10 Å². The fourth-order valence-corrected chi connectivity index (χ4v) is 3.43. The second kappa shape index (κ2) is 6.49. The minimum Gasteiger partial charge on any atom is -0.378 e. The first-order valence-electron chi connectivity index (χ1n) is 7.17. The summed E-state index contributed by atoms with van der Waals surface area (Å²) in [5.41, 5.74) is 2.68. The average Bonchev–Trinajstić information content (AvgIpc) is 2.46. The number of morpholine rings is 1. The van der Waals surface area contributed by atoms with Gasteiger partial charge in [0.05, 0.1) is 12.3 Å². The van der Waals surface area contributed by atoms with Crippen molar-refractivity contribution in [3.05, 3.63) is 23.5 Å². The Hall–Kier alpha value is -1.22. The molecule has 0 aromatic carbocycles. The molecule has 0 N–H and O–H groups in total. The van der Waals surface area contributed by atoms with Crippen LogP contribution in [0.2, 0.25) is 0 Å². The van der Waals surface area contributed by atoms with Crippen LogP contribution >= 0.6 is 0 Å². The number of rotatable bonds is 4. The van der Waals surface area contributed by atoms with Gasteiger partial charge in [-0.15, -0.1) is 0 Å². The molecule has 1 saturated heterocycles. The number of hydrogen-bond donors (Lipinski definition) is 0. The van der Waals surface area contributed by atoms with Gasteiger partial charge in [0.25, 0.3) is 10.2 Å². The van der Waals surface area contributed by atoms with Crippen molar-refractivity contribution in [2.45, 2.75) is 13.0 Å². The quantitative estimate of drug-likeness (QED) is 0.811. The topological polar surface area (TPSA) is 66.0 Å². The summed E-state index contributed by atoms with van der Waals surface area (Å²) >= 11 is 0. The van der Waals surface area contributed by atoms with E-state index in [0.29, 0.717) is 13.2 Å². The molecule has 1 aromatic rings. The third-order valence-corrected chi connectivity index (χ3v) is 5.53. The zero-order chi connectivity index (χ0) is 16.5. The molecule has 1 aromatic heterocycles. The molecule has 7 nitrogen and oxygen atoms in total. The summed E-state index contributed by atoms with van der Waals surface area (Å²) in [4.78, 5) is 6.51. The van der Waals surface area contributed by atoms with E-state index in [1.807, 2.05) is 38.1 Å². The Morgan fingerprint density at radius 2 is 1.95 bits per heavy atom. The van der Waals surface area contributed by atoms with Crippen molar-refractivity contribution in [2.24, 2.45) is 0 Å². The molecule has 0 spiro atoms. The molecule has 1 aliphatic rings. The van der Waals surface area contributed by atoms with E-state index in [0.717, 1.165) is 17.1 Å². The van der Waals surface area contributed by atoms with Crippen LogP contribution in [-0.2, 0) is 14.9 Å². The average molecular weight is 328 g/mol. The van der Waals surface area contributed by atoms with E-state index in [-0.39, 0.29) is 12.6 Å². The minimum atomic E-state index is -3.43. The Bertz CT molecular complexity index is 631. The lowest BCUT2D eigenvalue weighted by Gasteiger charge is -2.33. The number of pyridine rings is 1. The summed E-state index contributed by atoms with van der Waals surface area (Å²) in [5, 5.41) is 0. The molecule has 0 aliphatic carbocycles. The lowest BCUT2D eigenvalue weighted by molar-refractivity contribution is -0.00627. The van der Waals surface area contributed by atoms with Crippen molar-refractivity contribution in [3.63, 3.8) is 0 Å². The molecule has 1 unspecified atom stereocenters. The van der Waals surface area contributed by atoms with Gasteiger partial charge in [0.2, 0.25) is 0 Å². The summed E-state index contributed by atoms with van der Waals surface area (Å²) < 4.78 is 33.0. The Labute approximate surface area is 132 Å². The maximum absolute atomic E-state index is 12.3. The molecule has 1 aliphatic heterocycles. The highest BCUT2D eigenvalue weighted by molar-refractivity contribution is 7.86. The molecule has 1 atom stereocenters. The van der Waals surface area contributed by atoms with Crippen LogP contribution in [-0.4, -0.2) is 69.9 Å². The molecule has 0 radical (unpaired) electrons. The number of ether oxygens (including phenoxy) is 1. The first-order valence-corrected chi connectivity index (χ1v) is 8.56. The lowest BCUT2D eigenvalue weighted by Crippen LogP contribution is -2.47. The summed E-state index contributed by atoms with van der Waals surface area (Å²) in [6, 6.07) is 3.93. The van der Waals surface area contributed by atoms with Crippen molar-refractivity contribution in [1.82, 2.24) is 13.6 Å². The molecule has 124 valence electrons. The van der Waals surface area contributed by atoms with Crippen molar-refractivity contribution in [3.8, 4) is 0 Å². The zero-order valence-corrected chi connectivity index (χ0v) is 14.6. The monoisotopic (exact) mass is 328 g/mol. The number of hydrogen-bond acceptors (Lipinski definition) is 5. The van der Waals surface area contributed by atoms with Gasteiger partial charge < -0.3 is 9.64 Å². The molecular weight excluding hydrogens is 304 g/mol. The molecule has 2 rings (SSSR count). The van der Waals surface area contributed by atoms with E-state index >= 15 is 0 Å². The maximum atomic E-state index is 12.3. The van der Waals surface area contributed by atoms with Gasteiger partial charge in [0.15, 0.2) is 0 Å². The molecule has 0 saturated carbocycles. The summed E-state index contributed by atoms with van der Waals surface area (Å²) in [5.74, 6) is 0. The fourth-order valence-electron chi connectivity index (χ4n) is 2.34. The van der Waals surface area contributed by atoms with Gasteiger partial charge in [-0.25, -0.2) is 0 Å². The summed E-state index contributed by atoms with van der Waals surface area (Å²) in [7, 11) is 3.57. The first-order chi connectivity index (χ1) is 10.2. The normalized spacial score (nSPS) is 20.4. The minimum absolute atomic E-state index is 0.282. The van der Waals surface area contributed by atoms with Gasteiger partial charge in [-0.05, 0) is 19.1 Å². The van der Waals surface area contributed by atoms with Gasteiger partial charge in [-0.3, -0.25) is 4.98 Å². The Morgan fingerprint density at radius 1 is 1.27 bits per heavy atom. The molecule has 8 heteroatoms. The smallest absolute Gasteiger partial charge is 0.281 e. The molecular formula is C14H24N4O3S. The van der Waals surface area contributed by atoms with Crippen LogP contribution < -0.4 is 4.90 Å². The fraction of sp³-hybridized carbons (Fsp3) is 0.643. The number of anilines is 1. The standard InChI is InChI=1S/C14H24N4O3S/c1-11-8-12(16(2)3)9-13(15-11)14-10-18(6-7-21-14)22(19,20)17(4)5/h8-9,14H,6-7,10H2,1-5H3. The van der Waals surface area contributed by atoms with Crippen LogP contribution in [0.3, 0.4) is 0 Å². The molecule has 1 fully saturated rings. The summed E-state index contributed by atoms with van der Waals surface area (Å²) in [6.45, 7) is 2.94. The molecule has 2 heterocycles. The van der Waals surface area contributed by atoms with E-state index in [1.54, 1.807) is 0 Å². The highest BCUT2D eigenvalue weighted by atomic mass is 32.2. The van der Waals surface area contributed by atoms with Gasteiger partial charge >= 0.3 is 0 Å². The van der Waals surface area contributed by atoms with Gasteiger partial charge in [-0.1, -0.05) is 0 Å². The molecule has 0 bridgehead atoms. The largest absolute Gasteiger partial charge is 0.378 e. The van der Waals surface area contributed by atoms with Gasteiger partial charge in [-0.2, -0.15) is 17.0 Å². The van der Waals surface area contributed by atoms with Crippen molar-refractivity contribution < 1.29 is 13.2 Å². The van der Waals surface area contributed by atoms with Crippen LogP contribution in [0.1, 0.15) is 17.5 Å². The first kappa shape index (κ1) is 17.1. The maximum Gasteiger partial charge on any atom is 0.281 e. The Morgan fingerprint density at radius 3 is 2.55 bits per heavy atom. The van der Waals surface area contributed by atoms with Crippen LogP contribution in [0, 0.1) is 6.92 Å². The van der Waals surface area contributed by atoms with Crippen molar-refractivity contribution in [1.29, 1.82) is 0 Å². The van der Waals surface area contributed by atoms with Crippen LogP contribution in [0.5, 0.6) is 0 Å². The molecule has 22 heavy (non-hydrogen) atoms. The van der Waals surface area contributed by atoms with Crippen molar-refractivity contribution in [2.75, 3.05) is 52.8 Å². The Balaban J connectivity index is 2.27. The number of aromatic nitrogens is 1. The third-order valence-electron chi connectivity index (χ3n) is 3.62. The highest BCUT2D eigenvalue weighted by Gasteiger charge is 2.32. The zero-order valence-electron chi connectivity index (χ0n) is 13.8. The summed E-state index contributed by atoms with van der Waals surface area (Å²) in [6.07, 6.45) is -0.345. The van der Waals surface area contributed by atoms with Crippen LogP contribution in [0.15, 0.2) is 12.1 Å². The van der Waals surface area contributed by atoms with E-state index in [1.165, 1.54) is 22.7 Å². The predicted molar refractivity (Wildman–Crippen MR) is 86.2 cm³/mol. The SMILES string of the molecule is Cc1cc(N(C)C)cc(C2CN(S(=O)(=O)N(C)C)CCO2)n1. The van der Waals surface area contributed by atoms with Crippen molar-refractivity contribution >= 4 is 15.9 Å². The van der Waals surface area contributed by atoms with E-state index in [4.69, 9.17) is 4.74 Å². The van der Waals surface area contributed by atoms with E-state index in [9.17, 15) is 8.42 Å². The number of nitrogens with zero attached hydrogens (tertiary/aromatic N) is 4. The second-order valence-electron chi connectivity index (χ2n) is 5.79. The lowest BCUT2D eigenvalue weighted by atomic mass is 10.1. The van der Waals surface area contributed by atoms with E-state index < -0.39 is 10.2 Å². The number of aryl methyl sites for hydroxylation is 1.